The lowest BCUT2D eigenvalue weighted by molar-refractivity contribution is 0.0947. The molecule has 0 radical (unpaired) electrons. The van der Waals surface area contributed by atoms with Crippen molar-refractivity contribution in [2.24, 2.45) is 0 Å². The molecule has 2 aromatic rings. The van der Waals surface area contributed by atoms with Crippen molar-refractivity contribution in [1.29, 1.82) is 0 Å². The molecule has 1 amide bonds. The maximum atomic E-state index is 11.8. The van der Waals surface area contributed by atoms with E-state index >= 15 is 0 Å². The van der Waals surface area contributed by atoms with E-state index in [1.807, 2.05) is 11.3 Å². The van der Waals surface area contributed by atoms with E-state index in [1.54, 1.807) is 6.07 Å². The molecule has 104 valence electrons. The van der Waals surface area contributed by atoms with Crippen LogP contribution in [-0.2, 0) is 13.0 Å². The standard InChI is InChI=1S/C14H16N4OS/c19-14(11-1-4-16-17-9-11)15-5-7-18-6-2-13-12(10-18)3-8-20-13/h1,3-4,8-9H,2,5-7,10H2,(H,15,19). The van der Waals surface area contributed by atoms with E-state index in [0.29, 0.717) is 12.1 Å². The Morgan fingerprint density at radius 3 is 3.20 bits per heavy atom. The maximum Gasteiger partial charge on any atom is 0.253 e. The SMILES string of the molecule is O=C(NCCN1CCc2sccc2C1)c1ccnnc1. The molecule has 0 saturated heterocycles. The lowest BCUT2D eigenvalue weighted by Crippen LogP contribution is -2.37. The van der Waals surface area contributed by atoms with E-state index in [1.165, 1.54) is 22.8 Å². The molecule has 0 fully saturated rings. The van der Waals surface area contributed by atoms with Crippen LogP contribution >= 0.6 is 11.3 Å². The summed E-state index contributed by atoms with van der Waals surface area (Å²) in [7, 11) is 0. The zero-order valence-electron chi connectivity index (χ0n) is 11.1. The zero-order valence-corrected chi connectivity index (χ0v) is 11.9. The monoisotopic (exact) mass is 288 g/mol. The van der Waals surface area contributed by atoms with E-state index in [9.17, 15) is 4.79 Å². The number of hydrogen-bond donors (Lipinski definition) is 1. The van der Waals surface area contributed by atoms with Gasteiger partial charge in [-0.3, -0.25) is 9.69 Å². The summed E-state index contributed by atoms with van der Waals surface area (Å²) in [6.07, 6.45) is 4.13. The maximum absolute atomic E-state index is 11.8. The van der Waals surface area contributed by atoms with Gasteiger partial charge in [0.2, 0.25) is 0 Å². The van der Waals surface area contributed by atoms with Crippen LogP contribution < -0.4 is 5.32 Å². The smallest absolute Gasteiger partial charge is 0.253 e. The van der Waals surface area contributed by atoms with Gasteiger partial charge < -0.3 is 5.32 Å². The Morgan fingerprint density at radius 1 is 1.40 bits per heavy atom. The van der Waals surface area contributed by atoms with Crippen LogP contribution in [0, 0.1) is 0 Å². The van der Waals surface area contributed by atoms with Crippen LogP contribution in [0.4, 0.5) is 0 Å². The molecular weight excluding hydrogens is 272 g/mol. The second-order valence-electron chi connectivity index (χ2n) is 4.78. The van der Waals surface area contributed by atoms with Gasteiger partial charge in [-0.25, -0.2) is 0 Å². The van der Waals surface area contributed by atoms with Gasteiger partial charge in [0.15, 0.2) is 0 Å². The Hall–Kier alpha value is -1.79. The third-order valence-electron chi connectivity index (χ3n) is 3.45. The molecule has 1 N–H and O–H groups in total. The van der Waals surface area contributed by atoms with Crippen molar-refractivity contribution in [3.05, 3.63) is 45.9 Å². The number of carbonyl (C=O) groups is 1. The average molecular weight is 288 g/mol. The zero-order chi connectivity index (χ0) is 13.8. The lowest BCUT2D eigenvalue weighted by atomic mass is 10.1. The van der Waals surface area contributed by atoms with E-state index in [2.05, 4.69) is 31.9 Å². The van der Waals surface area contributed by atoms with Gasteiger partial charge >= 0.3 is 0 Å². The molecule has 0 bridgehead atoms. The fourth-order valence-electron chi connectivity index (χ4n) is 2.35. The highest BCUT2D eigenvalue weighted by atomic mass is 32.1. The molecule has 6 heteroatoms. The van der Waals surface area contributed by atoms with Crippen LogP contribution in [0.15, 0.2) is 29.9 Å². The number of amides is 1. The van der Waals surface area contributed by atoms with Gasteiger partial charge in [-0.2, -0.15) is 10.2 Å². The number of nitrogens with zero attached hydrogens (tertiary/aromatic N) is 3. The summed E-state index contributed by atoms with van der Waals surface area (Å²) in [6, 6.07) is 3.87. The van der Waals surface area contributed by atoms with E-state index in [4.69, 9.17) is 0 Å². The van der Waals surface area contributed by atoms with Crippen LogP contribution in [0.25, 0.3) is 0 Å². The normalized spacial score (nSPS) is 14.8. The van der Waals surface area contributed by atoms with Gasteiger partial charge in [0, 0.05) is 31.1 Å². The Bertz CT molecular complexity index is 584. The summed E-state index contributed by atoms with van der Waals surface area (Å²) in [5.74, 6) is -0.0897. The fourth-order valence-corrected chi connectivity index (χ4v) is 3.24. The van der Waals surface area contributed by atoms with E-state index in [0.717, 1.165) is 26.1 Å². The molecular formula is C14H16N4OS. The Morgan fingerprint density at radius 2 is 2.35 bits per heavy atom. The minimum absolute atomic E-state index is 0.0897. The molecule has 2 aromatic heterocycles. The number of aromatic nitrogens is 2. The molecule has 0 aliphatic carbocycles. The first-order valence-corrected chi connectivity index (χ1v) is 7.53. The molecule has 5 nitrogen and oxygen atoms in total. The van der Waals surface area contributed by atoms with Crippen LogP contribution in [0.1, 0.15) is 20.8 Å². The fraction of sp³-hybridized carbons (Fsp3) is 0.357. The minimum atomic E-state index is -0.0897. The third-order valence-corrected chi connectivity index (χ3v) is 4.47. The lowest BCUT2D eigenvalue weighted by Gasteiger charge is -2.26. The van der Waals surface area contributed by atoms with Crippen molar-refractivity contribution < 1.29 is 4.79 Å². The summed E-state index contributed by atoms with van der Waals surface area (Å²) in [5, 5.41) is 12.4. The van der Waals surface area contributed by atoms with Crippen molar-refractivity contribution in [3.8, 4) is 0 Å². The first kappa shape index (κ1) is 13.2. The largest absolute Gasteiger partial charge is 0.351 e. The number of rotatable bonds is 4. The van der Waals surface area contributed by atoms with Crippen LogP contribution in [0.3, 0.4) is 0 Å². The topological polar surface area (TPSA) is 58.1 Å². The molecule has 3 rings (SSSR count). The van der Waals surface area contributed by atoms with Gasteiger partial charge in [0.1, 0.15) is 0 Å². The van der Waals surface area contributed by atoms with Crippen molar-refractivity contribution in [3.63, 3.8) is 0 Å². The van der Waals surface area contributed by atoms with E-state index < -0.39 is 0 Å². The van der Waals surface area contributed by atoms with Crippen LogP contribution in [0.2, 0.25) is 0 Å². The van der Waals surface area contributed by atoms with Gasteiger partial charge in [0.25, 0.3) is 5.91 Å². The Kier molecular flexibility index (Phi) is 4.03. The molecule has 0 spiro atoms. The summed E-state index contributed by atoms with van der Waals surface area (Å²) in [5.41, 5.74) is 1.99. The predicted molar refractivity (Wildman–Crippen MR) is 77.7 cm³/mol. The van der Waals surface area contributed by atoms with Crippen molar-refractivity contribution >= 4 is 17.2 Å². The molecule has 20 heavy (non-hydrogen) atoms. The van der Waals surface area contributed by atoms with Crippen molar-refractivity contribution in [2.45, 2.75) is 13.0 Å². The Balaban J connectivity index is 1.46. The van der Waals surface area contributed by atoms with Crippen molar-refractivity contribution in [1.82, 2.24) is 20.4 Å². The number of thiophene rings is 1. The molecule has 1 aliphatic rings. The molecule has 0 unspecified atom stereocenters. The highest BCUT2D eigenvalue weighted by molar-refractivity contribution is 7.10. The number of carbonyl (C=O) groups excluding carboxylic acids is 1. The van der Waals surface area contributed by atoms with Gasteiger partial charge in [-0.05, 0) is 29.5 Å². The summed E-state index contributed by atoms with van der Waals surface area (Å²) in [4.78, 5) is 15.7. The number of nitrogens with one attached hydrogen (secondary N) is 1. The first-order valence-electron chi connectivity index (χ1n) is 6.65. The third kappa shape index (κ3) is 3.02. The highest BCUT2D eigenvalue weighted by Gasteiger charge is 2.16. The van der Waals surface area contributed by atoms with Crippen LogP contribution in [0.5, 0.6) is 0 Å². The van der Waals surface area contributed by atoms with Crippen LogP contribution in [-0.4, -0.2) is 40.6 Å². The molecule has 0 saturated carbocycles. The molecule has 1 aliphatic heterocycles. The summed E-state index contributed by atoms with van der Waals surface area (Å²) in [6.45, 7) is 3.59. The van der Waals surface area contributed by atoms with Gasteiger partial charge in [-0.1, -0.05) is 0 Å². The Labute approximate surface area is 121 Å². The summed E-state index contributed by atoms with van der Waals surface area (Å²) < 4.78 is 0. The quantitative estimate of drug-likeness (QED) is 0.922. The van der Waals surface area contributed by atoms with E-state index in [-0.39, 0.29) is 5.91 Å². The van der Waals surface area contributed by atoms with Crippen molar-refractivity contribution in [2.75, 3.05) is 19.6 Å². The molecule has 0 aromatic carbocycles. The molecule has 3 heterocycles. The second kappa shape index (κ2) is 6.11. The minimum Gasteiger partial charge on any atom is -0.351 e. The number of hydrogen-bond acceptors (Lipinski definition) is 5. The molecule has 0 atom stereocenters. The van der Waals surface area contributed by atoms with Gasteiger partial charge in [-0.15, -0.1) is 11.3 Å². The first-order chi connectivity index (χ1) is 9.83. The predicted octanol–water partition coefficient (Wildman–Crippen LogP) is 1.33. The highest BCUT2D eigenvalue weighted by Crippen LogP contribution is 2.23. The second-order valence-corrected chi connectivity index (χ2v) is 5.78. The summed E-state index contributed by atoms with van der Waals surface area (Å²) >= 11 is 1.84. The van der Waals surface area contributed by atoms with Gasteiger partial charge in [0.05, 0.1) is 18.0 Å². The average Bonchev–Trinajstić information content (AvgIpc) is 2.95. The number of fused-ring (bicyclic) bond motifs is 1.